The smallest absolute Gasteiger partial charge is 0.255 e. The molecule has 3 amide bonds. The van der Waals surface area contributed by atoms with Crippen LogP contribution < -0.4 is 26.6 Å². The van der Waals surface area contributed by atoms with Gasteiger partial charge in [0.15, 0.2) is 0 Å². The molecule has 1 aromatic heterocycles. The van der Waals surface area contributed by atoms with Gasteiger partial charge in [0, 0.05) is 40.3 Å². The highest BCUT2D eigenvalue weighted by Crippen LogP contribution is 2.25. The summed E-state index contributed by atoms with van der Waals surface area (Å²) in [6.45, 7) is 0. The van der Waals surface area contributed by atoms with Gasteiger partial charge in [0.2, 0.25) is 15.9 Å². The molecule has 39 heavy (non-hydrogen) atoms. The molecule has 0 aliphatic rings. The van der Waals surface area contributed by atoms with Crippen LogP contribution in [0.2, 0.25) is 0 Å². The fraction of sp³-hybridized carbons (Fsp3) is 0.0370. The van der Waals surface area contributed by atoms with Crippen LogP contribution in [0.25, 0.3) is 5.69 Å². The summed E-state index contributed by atoms with van der Waals surface area (Å²) in [5, 5.41) is 5.35. The number of carbonyl (C=O) groups is 3. The minimum absolute atomic E-state index is 0.105. The van der Waals surface area contributed by atoms with Gasteiger partial charge in [0.25, 0.3) is 17.4 Å². The lowest BCUT2D eigenvalue weighted by Gasteiger charge is -2.14. The average molecular weight is 546 g/mol. The Morgan fingerprint density at radius 3 is 1.87 bits per heavy atom. The highest BCUT2D eigenvalue weighted by molar-refractivity contribution is 7.92. The Kier molecular flexibility index (Phi) is 7.58. The number of aromatic nitrogens is 1. The van der Waals surface area contributed by atoms with E-state index in [4.69, 9.17) is 5.73 Å². The Morgan fingerprint density at radius 2 is 1.31 bits per heavy atom. The van der Waals surface area contributed by atoms with Gasteiger partial charge in [-0.25, -0.2) is 8.42 Å². The summed E-state index contributed by atoms with van der Waals surface area (Å²) in [6.07, 6.45) is 2.62. The molecule has 0 aliphatic heterocycles. The van der Waals surface area contributed by atoms with Crippen LogP contribution in [-0.4, -0.2) is 37.0 Å². The number of hydrogen-bond donors (Lipinski definition) is 4. The topological polar surface area (TPSA) is 169 Å². The number of nitrogens with zero attached hydrogens (tertiary/aromatic N) is 1. The van der Waals surface area contributed by atoms with Crippen molar-refractivity contribution in [3.8, 4) is 5.69 Å². The normalized spacial score (nSPS) is 10.9. The van der Waals surface area contributed by atoms with Crippen LogP contribution in [0.1, 0.15) is 31.1 Å². The number of rotatable bonds is 8. The number of carbonyl (C=O) groups excluding carboxylic acids is 3. The fourth-order valence-electron chi connectivity index (χ4n) is 3.62. The number of hydrogen-bond acceptors (Lipinski definition) is 6. The standard InChI is InChI=1S/C27H23N5O6S/c1-39(37,38)31-20-10-5-17(6-11-20)27(36)30-23-16-19(25(28)34)9-14-22(23)29-26(35)18-7-12-21(13-8-18)32-15-3-2-4-24(32)33/h2-16,31H,1H3,(H2,28,34)(H,29,35)(H,30,36). The van der Waals surface area contributed by atoms with Crippen LogP contribution in [0.15, 0.2) is 95.9 Å². The molecule has 4 aromatic rings. The van der Waals surface area contributed by atoms with Crippen LogP contribution >= 0.6 is 0 Å². The van der Waals surface area contributed by atoms with E-state index in [9.17, 15) is 27.6 Å². The van der Waals surface area contributed by atoms with Crippen molar-refractivity contribution in [3.05, 3.63) is 118 Å². The van der Waals surface area contributed by atoms with E-state index in [0.717, 1.165) is 6.26 Å². The van der Waals surface area contributed by atoms with E-state index < -0.39 is 27.7 Å². The summed E-state index contributed by atoms with van der Waals surface area (Å²) in [5.74, 6) is -1.80. The van der Waals surface area contributed by atoms with E-state index in [-0.39, 0.29) is 39.3 Å². The maximum atomic E-state index is 13.0. The van der Waals surface area contributed by atoms with E-state index in [1.807, 2.05) is 0 Å². The zero-order valence-electron chi connectivity index (χ0n) is 20.5. The van der Waals surface area contributed by atoms with Gasteiger partial charge in [-0.15, -0.1) is 0 Å². The molecule has 0 aliphatic carbocycles. The highest BCUT2D eigenvalue weighted by Gasteiger charge is 2.15. The van der Waals surface area contributed by atoms with Gasteiger partial charge in [0.1, 0.15) is 0 Å². The molecule has 1 heterocycles. The largest absolute Gasteiger partial charge is 0.366 e. The van der Waals surface area contributed by atoms with Crippen molar-refractivity contribution in [2.24, 2.45) is 5.73 Å². The van der Waals surface area contributed by atoms with Crippen molar-refractivity contribution in [3.63, 3.8) is 0 Å². The first-order valence-electron chi connectivity index (χ1n) is 11.4. The van der Waals surface area contributed by atoms with E-state index in [0.29, 0.717) is 5.69 Å². The molecule has 198 valence electrons. The summed E-state index contributed by atoms with van der Waals surface area (Å²) >= 11 is 0. The minimum Gasteiger partial charge on any atom is -0.366 e. The number of nitrogens with two attached hydrogens (primary N) is 1. The second-order valence-corrected chi connectivity index (χ2v) is 10.2. The van der Waals surface area contributed by atoms with E-state index in [2.05, 4.69) is 15.4 Å². The molecule has 5 N–H and O–H groups in total. The van der Waals surface area contributed by atoms with Crippen molar-refractivity contribution in [2.75, 3.05) is 21.6 Å². The molecule has 0 radical (unpaired) electrons. The van der Waals surface area contributed by atoms with Crippen LogP contribution in [0.4, 0.5) is 17.1 Å². The number of pyridine rings is 1. The summed E-state index contributed by atoms with van der Waals surface area (Å²) in [5.41, 5.74) is 6.94. The molecular weight excluding hydrogens is 522 g/mol. The van der Waals surface area contributed by atoms with Crippen molar-refractivity contribution in [1.29, 1.82) is 0 Å². The molecule has 0 bridgehead atoms. The molecule has 0 spiro atoms. The van der Waals surface area contributed by atoms with Crippen LogP contribution in [0.3, 0.4) is 0 Å². The molecule has 0 saturated carbocycles. The summed E-state index contributed by atoms with van der Waals surface area (Å²) < 4.78 is 26.5. The molecule has 0 saturated heterocycles. The number of amides is 3. The SMILES string of the molecule is CS(=O)(=O)Nc1ccc(C(=O)Nc2cc(C(N)=O)ccc2NC(=O)c2ccc(-n3ccccc3=O)cc2)cc1. The van der Waals surface area contributed by atoms with Crippen LogP contribution in [0.5, 0.6) is 0 Å². The Labute approximate surface area is 223 Å². The Morgan fingerprint density at radius 1 is 0.744 bits per heavy atom. The highest BCUT2D eigenvalue weighted by atomic mass is 32.2. The van der Waals surface area contributed by atoms with E-state index >= 15 is 0 Å². The first kappa shape index (κ1) is 26.8. The minimum atomic E-state index is -3.48. The number of primary amides is 1. The second kappa shape index (κ2) is 11.0. The van der Waals surface area contributed by atoms with E-state index in [1.54, 1.807) is 42.6 Å². The summed E-state index contributed by atoms with van der Waals surface area (Å²) in [7, 11) is -3.48. The van der Waals surface area contributed by atoms with Crippen LogP contribution in [0, 0.1) is 0 Å². The Balaban J connectivity index is 1.55. The first-order valence-corrected chi connectivity index (χ1v) is 13.3. The maximum Gasteiger partial charge on any atom is 0.255 e. The molecule has 12 heteroatoms. The number of benzene rings is 3. The Hall–Kier alpha value is -5.23. The quantitative estimate of drug-likeness (QED) is 0.265. The first-order chi connectivity index (χ1) is 18.5. The van der Waals surface area contributed by atoms with Crippen LogP contribution in [-0.2, 0) is 10.0 Å². The zero-order chi connectivity index (χ0) is 28.2. The third-order valence-electron chi connectivity index (χ3n) is 5.48. The fourth-order valence-corrected chi connectivity index (χ4v) is 4.18. The number of sulfonamides is 1. The third kappa shape index (κ3) is 6.76. The van der Waals surface area contributed by atoms with Crippen molar-refractivity contribution < 1.29 is 22.8 Å². The molecule has 3 aromatic carbocycles. The molecule has 0 fully saturated rings. The van der Waals surface area contributed by atoms with Gasteiger partial charge in [-0.05, 0) is 72.8 Å². The van der Waals surface area contributed by atoms with Gasteiger partial charge in [0.05, 0.1) is 17.6 Å². The average Bonchev–Trinajstić information content (AvgIpc) is 2.89. The lowest BCUT2D eigenvalue weighted by atomic mass is 10.1. The predicted molar refractivity (Wildman–Crippen MR) is 148 cm³/mol. The van der Waals surface area contributed by atoms with Gasteiger partial charge < -0.3 is 16.4 Å². The third-order valence-corrected chi connectivity index (χ3v) is 6.09. The Bertz CT molecular complexity index is 1730. The lowest BCUT2D eigenvalue weighted by Crippen LogP contribution is -2.19. The predicted octanol–water partition coefficient (Wildman–Crippen LogP) is 2.81. The van der Waals surface area contributed by atoms with Gasteiger partial charge in [-0.1, -0.05) is 6.07 Å². The summed E-state index contributed by atoms with van der Waals surface area (Å²) in [4.78, 5) is 49.6. The van der Waals surface area contributed by atoms with E-state index in [1.165, 1.54) is 53.1 Å². The molecule has 11 nitrogen and oxygen atoms in total. The van der Waals surface area contributed by atoms with Gasteiger partial charge in [-0.3, -0.25) is 28.5 Å². The molecular formula is C27H23N5O6S. The number of nitrogens with one attached hydrogen (secondary N) is 3. The van der Waals surface area contributed by atoms with Crippen molar-refractivity contribution in [2.45, 2.75) is 0 Å². The lowest BCUT2D eigenvalue weighted by molar-refractivity contribution is 0.0996. The maximum absolute atomic E-state index is 13.0. The zero-order valence-corrected chi connectivity index (χ0v) is 21.4. The van der Waals surface area contributed by atoms with Crippen molar-refractivity contribution >= 4 is 44.8 Å². The summed E-state index contributed by atoms with van der Waals surface area (Å²) in [6, 6.07) is 21.0. The van der Waals surface area contributed by atoms with Crippen molar-refractivity contribution in [1.82, 2.24) is 4.57 Å². The van der Waals surface area contributed by atoms with Gasteiger partial charge >= 0.3 is 0 Å². The monoisotopic (exact) mass is 545 g/mol. The molecule has 0 unspecified atom stereocenters. The second-order valence-electron chi connectivity index (χ2n) is 8.44. The van der Waals surface area contributed by atoms with Gasteiger partial charge in [-0.2, -0.15) is 0 Å². The molecule has 4 rings (SSSR count). The number of anilines is 3. The molecule has 0 atom stereocenters.